The number of phosphoric acid groups is 3. The van der Waals surface area contributed by atoms with E-state index in [0.717, 1.165) is 6.33 Å². The number of nitrogen functional groups attached to an aromatic ring is 1. The van der Waals surface area contributed by atoms with Gasteiger partial charge < -0.3 is 81.5 Å². The van der Waals surface area contributed by atoms with Crippen LogP contribution in [0.15, 0.2) is 17.6 Å². The van der Waals surface area contributed by atoms with E-state index >= 15 is 0 Å². The smallest absolute Gasteiger partial charge is 0.481 e. The van der Waals surface area contributed by atoms with Crippen molar-refractivity contribution in [1.29, 1.82) is 0 Å². The molecule has 72 heavy (non-hydrogen) atoms. The van der Waals surface area contributed by atoms with Gasteiger partial charge in [0.2, 0.25) is 17.7 Å². The number of nitrogens with two attached hydrogens (primary N) is 2. The third-order valence-corrected chi connectivity index (χ3v) is 16.5. The van der Waals surface area contributed by atoms with E-state index in [1.54, 1.807) is 0 Å². The SMILES string of the molecule is CC(N=[N+]=[N-])OC1C(O)C(COP(=O)(O)OP(=O)(O)OP(=O)(O)O)OC1n1cc(C#CCNC(=O)CCSSC(C)(C)CCC(N)C(=O)NC(CC(=O)O)C(=O)NC(CC(=O)O)C(=O)O)c2c(N)ncnc21. The van der Waals surface area contributed by atoms with Crippen LogP contribution in [0.4, 0.5) is 5.82 Å². The van der Waals surface area contributed by atoms with Gasteiger partial charge in [-0.3, -0.25) is 28.5 Å². The third-order valence-electron chi connectivity index (χ3n) is 9.31. The molecule has 1 saturated heterocycles. The second-order valence-electron chi connectivity index (χ2n) is 15.5. The molecule has 3 heterocycles. The highest BCUT2D eigenvalue weighted by Gasteiger charge is 2.49. The summed E-state index contributed by atoms with van der Waals surface area (Å²) < 4.78 is 59.6. The summed E-state index contributed by atoms with van der Waals surface area (Å²) in [5, 5.41) is 48.8. The molecule has 1 fully saturated rings. The number of aliphatic hydroxyl groups excluding tert-OH is 1. The molecule has 0 saturated carbocycles. The number of amides is 3. The molecule has 0 bridgehead atoms. The highest BCUT2D eigenvalue weighted by atomic mass is 33.1. The number of rotatable bonds is 29. The summed E-state index contributed by atoms with van der Waals surface area (Å²) in [6.07, 6.45) is -6.68. The maximum atomic E-state index is 12.8. The van der Waals surface area contributed by atoms with E-state index in [0.29, 0.717) is 12.2 Å². The standard InChI is InChI=1S/C34H50N11O22P3S2/c1-16(43-44-37)64-27-26(51)21(14-63-69(59,60)67-70(61,62)66-68(56,57)58)65-32(27)45-13-17(25-28(36)39-15-40-29(25)45)5-4-9-38-22(46)7-10-71-72-34(2,3)8-6-18(35)30(52)41-19(11-23(47)48)31(53)42-20(33(54)55)12-24(49)50/h13,15-16,18-21,26-27,32,51H,6-12,14,35H2,1-3H3,(H,38,46)(H,41,52)(H,42,53)(H,47,48)(H,49,50)(H,54,55)(H,59,60)(H,61,62)(H2,36,39,40)(H2,56,57,58). The van der Waals surface area contributed by atoms with Crippen molar-refractivity contribution in [2.24, 2.45) is 10.8 Å². The van der Waals surface area contributed by atoms with Crippen LogP contribution in [0.5, 0.6) is 0 Å². The molecule has 38 heteroatoms. The quantitative estimate of drug-likeness (QED) is 0.00953. The molecule has 400 valence electrons. The van der Waals surface area contributed by atoms with Crippen LogP contribution in [-0.4, -0.2) is 156 Å². The zero-order chi connectivity index (χ0) is 54.4. The number of nitrogens with zero attached hydrogens (tertiary/aromatic N) is 6. The molecule has 1 aliphatic rings. The normalized spacial score (nSPS) is 20.2. The maximum Gasteiger partial charge on any atom is 0.490 e. The van der Waals surface area contributed by atoms with Gasteiger partial charge in [-0.2, -0.15) is 8.62 Å². The summed E-state index contributed by atoms with van der Waals surface area (Å²) >= 11 is 0. The highest BCUT2D eigenvalue weighted by molar-refractivity contribution is 8.77. The summed E-state index contributed by atoms with van der Waals surface area (Å²) in [4.78, 5) is 120. The molecule has 3 rings (SSSR count). The first kappa shape index (κ1) is 61.4. The first-order valence-corrected chi connectivity index (χ1v) is 27.2. The van der Waals surface area contributed by atoms with Crippen LogP contribution in [0.1, 0.15) is 64.7 Å². The maximum absolute atomic E-state index is 12.8. The molecular weight excluding hydrogens is 1070 g/mol. The highest BCUT2D eigenvalue weighted by Crippen LogP contribution is 2.66. The Labute approximate surface area is 414 Å². The van der Waals surface area contributed by atoms with Gasteiger partial charge in [-0.25, -0.2) is 28.5 Å². The van der Waals surface area contributed by atoms with Gasteiger partial charge in [0.05, 0.1) is 43.0 Å². The molecule has 3 amide bonds. The molecule has 10 unspecified atom stereocenters. The van der Waals surface area contributed by atoms with Crippen LogP contribution in [0.25, 0.3) is 21.5 Å². The van der Waals surface area contributed by atoms with Crippen LogP contribution < -0.4 is 27.4 Å². The van der Waals surface area contributed by atoms with Crippen LogP contribution in [-0.2, 0) is 65.1 Å². The summed E-state index contributed by atoms with van der Waals surface area (Å²) in [7, 11) is -14.5. The van der Waals surface area contributed by atoms with E-state index in [-0.39, 0.29) is 47.7 Å². The number of fused-ring (bicyclic) bond motifs is 1. The third kappa shape index (κ3) is 20.2. The van der Waals surface area contributed by atoms with Crippen molar-refractivity contribution in [1.82, 2.24) is 30.5 Å². The molecule has 33 nitrogen and oxygen atoms in total. The molecule has 0 spiro atoms. The fraction of sp³-hybridized carbons (Fsp3) is 0.588. The number of carbonyl (C=O) groups excluding carboxylic acids is 3. The number of hydrogen-bond acceptors (Lipinski definition) is 22. The van der Waals surface area contributed by atoms with Gasteiger partial charge in [-0.1, -0.05) is 38.5 Å². The number of carbonyl (C=O) groups is 6. The topological polar surface area (TPSA) is 529 Å². The lowest BCUT2D eigenvalue weighted by atomic mass is 10.0. The lowest BCUT2D eigenvalue weighted by Gasteiger charge is -2.25. The average Bonchev–Trinajstić information content (AvgIpc) is 3.76. The Morgan fingerprint density at radius 2 is 1.65 bits per heavy atom. The molecule has 2 aromatic heterocycles. The summed E-state index contributed by atoms with van der Waals surface area (Å²) in [5.41, 5.74) is 21.3. The lowest BCUT2D eigenvalue weighted by molar-refractivity contribution is -0.148. The van der Waals surface area contributed by atoms with Gasteiger partial charge in [0.1, 0.15) is 54.4 Å². The second kappa shape index (κ2) is 26.8. The lowest BCUT2D eigenvalue weighted by Crippen LogP contribution is -2.55. The zero-order valence-corrected chi connectivity index (χ0v) is 42.0. The number of ether oxygens (including phenoxy) is 2. The number of phosphoric ester groups is 1. The number of aliphatic carboxylic acids is 3. The number of carboxylic acids is 3. The Morgan fingerprint density at radius 1 is 1.01 bits per heavy atom. The number of anilines is 1. The van der Waals surface area contributed by atoms with Crippen molar-refractivity contribution >= 4 is 97.5 Å². The van der Waals surface area contributed by atoms with Gasteiger partial charge in [0, 0.05) is 28.0 Å². The largest absolute Gasteiger partial charge is 0.490 e. The van der Waals surface area contributed by atoms with E-state index in [1.807, 2.05) is 19.2 Å². The van der Waals surface area contributed by atoms with E-state index < -0.39 is 126 Å². The van der Waals surface area contributed by atoms with Crippen molar-refractivity contribution in [2.75, 3.05) is 24.6 Å². The van der Waals surface area contributed by atoms with Crippen molar-refractivity contribution in [3.63, 3.8) is 0 Å². The van der Waals surface area contributed by atoms with Crippen LogP contribution in [0, 0.1) is 11.8 Å². The number of nitrogens with one attached hydrogen (secondary N) is 3. The first-order valence-electron chi connectivity index (χ1n) is 20.4. The minimum Gasteiger partial charge on any atom is -0.481 e. The van der Waals surface area contributed by atoms with Crippen molar-refractivity contribution in [3.8, 4) is 11.8 Å². The monoisotopic (exact) mass is 1120 g/mol. The van der Waals surface area contributed by atoms with Gasteiger partial charge in [-0.15, -0.1) is 0 Å². The van der Waals surface area contributed by atoms with Crippen molar-refractivity contribution < 1.29 is 105 Å². The summed E-state index contributed by atoms with van der Waals surface area (Å²) in [6.45, 7) is 3.72. The Bertz CT molecular complexity index is 2590. The second-order valence-corrected chi connectivity index (χ2v) is 23.1. The molecule has 2 aromatic rings. The van der Waals surface area contributed by atoms with Crippen LogP contribution in [0.2, 0.25) is 0 Å². The van der Waals surface area contributed by atoms with Crippen molar-refractivity contribution in [2.45, 2.75) is 107 Å². The fourth-order valence-corrected chi connectivity index (χ4v) is 11.7. The Hall–Kier alpha value is -4.94. The van der Waals surface area contributed by atoms with E-state index in [2.05, 4.69) is 55.6 Å². The Balaban J connectivity index is 1.61. The van der Waals surface area contributed by atoms with E-state index in [1.165, 1.54) is 39.3 Å². The zero-order valence-electron chi connectivity index (χ0n) is 37.7. The predicted octanol–water partition coefficient (Wildman–Crippen LogP) is -0.214. The van der Waals surface area contributed by atoms with Gasteiger partial charge >= 0.3 is 41.4 Å². The minimum atomic E-state index is -5.88. The number of hydrogen-bond donors (Lipinski definition) is 13. The van der Waals surface area contributed by atoms with Crippen LogP contribution in [0.3, 0.4) is 0 Å². The van der Waals surface area contributed by atoms with Gasteiger partial charge in [-0.05, 0) is 39.1 Å². The average molecular weight is 1120 g/mol. The number of aliphatic hydroxyl groups is 1. The molecule has 10 atom stereocenters. The van der Waals surface area contributed by atoms with Crippen LogP contribution >= 0.6 is 45.1 Å². The molecule has 0 aliphatic carbocycles. The first-order chi connectivity index (χ1) is 33.3. The summed E-state index contributed by atoms with van der Waals surface area (Å²) in [5.74, 6) is -1.44. The number of azide groups is 1. The van der Waals surface area contributed by atoms with Gasteiger partial charge in [0.15, 0.2) is 6.23 Å². The van der Waals surface area contributed by atoms with E-state index in [9.17, 15) is 67.6 Å². The van der Waals surface area contributed by atoms with E-state index in [4.69, 9.17) is 41.4 Å². The molecule has 1 aliphatic heterocycles. The molecular formula is C34H50N11O22P3S2. The number of carboxylic acid groups (broad SMARTS) is 3. The fourth-order valence-electron chi connectivity index (χ4n) is 6.11. The number of aromatic nitrogens is 3. The van der Waals surface area contributed by atoms with Crippen molar-refractivity contribution in [3.05, 3.63) is 28.5 Å². The molecule has 0 radical (unpaired) electrons. The predicted molar refractivity (Wildman–Crippen MR) is 247 cm³/mol. The Kier molecular flexibility index (Phi) is 22.9. The Morgan fingerprint density at radius 3 is 2.26 bits per heavy atom. The van der Waals surface area contributed by atoms with Gasteiger partial charge in [0.25, 0.3) is 0 Å². The molecule has 0 aromatic carbocycles. The summed E-state index contributed by atoms with van der Waals surface area (Å²) in [6, 6.07) is -4.88. The minimum absolute atomic E-state index is 0.0416. The molecule has 15 N–H and O–H groups in total.